The summed E-state index contributed by atoms with van der Waals surface area (Å²) >= 11 is 11.5. The number of ether oxygens (including phenoxy) is 1. The molecule has 9 heteroatoms. The highest BCUT2D eigenvalue weighted by molar-refractivity contribution is 6.31. The predicted octanol–water partition coefficient (Wildman–Crippen LogP) is 4.02. The van der Waals surface area contributed by atoms with Crippen LogP contribution in [0.3, 0.4) is 0 Å². The Morgan fingerprint density at radius 3 is 2.76 bits per heavy atom. The minimum absolute atomic E-state index is 0.00264. The van der Waals surface area contributed by atoms with Crippen molar-refractivity contribution in [3.8, 4) is 11.6 Å². The van der Waals surface area contributed by atoms with Crippen LogP contribution < -0.4 is 4.74 Å². The Bertz CT molecular complexity index is 712. The van der Waals surface area contributed by atoms with Crippen LogP contribution in [-0.2, 0) is 5.88 Å². The van der Waals surface area contributed by atoms with Gasteiger partial charge in [0.05, 0.1) is 22.4 Å². The summed E-state index contributed by atoms with van der Waals surface area (Å²) in [6, 6.07) is 2.00. The van der Waals surface area contributed by atoms with E-state index >= 15 is 0 Å². The van der Waals surface area contributed by atoms with Crippen LogP contribution in [0.15, 0.2) is 18.5 Å². The summed E-state index contributed by atoms with van der Waals surface area (Å²) in [5.74, 6) is -1.12. The van der Waals surface area contributed by atoms with E-state index in [1.165, 1.54) is 13.0 Å². The van der Waals surface area contributed by atoms with Crippen molar-refractivity contribution < 1.29 is 14.1 Å². The fourth-order valence-corrected chi connectivity index (χ4v) is 2.10. The molecule has 110 valence electrons. The number of alkyl halides is 1. The van der Waals surface area contributed by atoms with Crippen LogP contribution in [0.1, 0.15) is 11.1 Å². The van der Waals surface area contributed by atoms with Crippen molar-refractivity contribution in [3.05, 3.63) is 50.7 Å². The number of rotatable bonds is 4. The molecule has 21 heavy (non-hydrogen) atoms. The van der Waals surface area contributed by atoms with Crippen molar-refractivity contribution in [3.63, 3.8) is 0 Å². The lowest BCUT2D eigenvalue weighted by Crippen LogP contribution is -1.99. The summed E-state index contributed by atoms with van der Waals surface area (Å²) in [6.07, 6.45) is 1.14. The number of benzene rings is 1. The summed E-state index contributed by atoms with van der Waals surface area (Å²) in [7, 11) is 0. The maximum atomic E-state index is 13.9. The molecule has 2 rings (SSSR count). The second-order valence-electron chi connectivity index (χ2n) is 4.01. The molecule has 1 heterocycles. The predicted molar refractivity (Wildman–Crippen MR) is 74.5 cm³/mol. The molecule has 0 spiro atoms. The highest BCUT2D eigenvalue weighted by atomic mass is 35.5. The average Bonchev–Trinajstić information content (AvgIpc) is 2.42. The molecule has 0 bridgehead atoms. The molecule has 0 radical (unpaired) electrons. The summed E-state index contributed by atoms with van der Waals surface area (Å²) in [6.45, 7) is 1.47. The number of nitrogens with zero attached hydrogens (tertiary/aromatic N) is 3. The lowest BCUT2D eigenvalue weighted by Gasteiger charge is -2.10. The number of halogens is 3. The van der Waals surface area contributed by atoms with Gasteiger partial charge in [-0.15, -0.1) is 11.6 Å². The lowest BCUT2D eigenvalue weighted by molar-refractivity contribution is -0.385. The molecule has 0 amide bonds. The molecule has 0 aliphatic carbocycles. The Balaban J connectivity index is 2.43. The second-order valence-corrected chi connectivity index (χ2v) is 4.64. The van der Waals surface area contributed by atoms with E-state index in [2.05, 4.69) is 9.97 Å². The largest absolute Gasteiger partial charge is 0.435 e. The van der Waals surface area contributed by atoms with Crippen molar-refractivity contribution >= 4 is 28.9 Å². The molecule has 6 nitrogen and oxygen atoms in total. The number of nitro benzene ring substituents is 1. The van der Waals surface area contributed by atoms with Gasteiger partial charge in [0.1, 0.15) is 11.5 Å². The van der Waals surface area contributed by atoms with E-state index in [1.54, 1.807) is 0 Å². The van der Waals surface area contributed by atoms with Gasteiger partial charge in [-0.1, -0.05) is 11.6 Å². The standard InChI is InChI=1S/C12H8Cl2FN3O3/c1-6-2-10(8(15)3-9(6)18(19)20)21-12-7(4-13)11(14)16-5-17-12/h2-3,5H,4H2,1H3. The van der Waals surface area contributed by atoms with Crippen molar-refractivity contribution in [2.75, 3.05) is 0 Å². The van der Waals surface area contributed by atoms with Gasteiger partial charge in [0.2, 0.25) is 5.88 Å². The first kappa shape index (κ1) is 15.4. The summed E-state index contributed by atoms with van der Waals surface area (Å²) in [5, 5.41) is 10.8. The molecule has 0 fully saturated rings. The third-order valence-electron chi connectivity index (χ3n) is 2.64. The van der Waals surface area contributed by atoms with Crippen LogP contribution in [0.25, 0.3) is 0 Å². The number of nitro groups is 1. The Morgan fingerprint density at radius 1 is 1.43 bits per heavy atom. The monoisotopic (exact) mass is 331 g/mol. The molecular formula is C12H8Cl2FN3O3. The molecule has 0 saturated heterocycles. The smallest absolute Gasteiger partial charge is 0.275 e. The Hall–Kier alpha value is -1.99. The Kier molecular flexibility index (Phi) is 4.54. The highest BCUT2D eigenvalue weighted by Gasteiger charge is 2.19. The zero-order valence-electron chi connectivity index (χ0n) is 10.6. The number of aromatic nitrogens is 2. The minimum Gasteiger partial charge on any atom is -0.435 e. The summed E-state index contributed by atoms with van der Waals surface area (Å²) in [4.78, 5) is 17.6. The van der Waals surface area contributed by atoms with Gasteiger partial charge in [-0.2, -0.15) is 0 Å². The Morgan fingerprint density at radius 2 is 2.14 bits per heavy atom. The molecule has 0 atom stereocenters. The third-order valence-corrected chi connectivity index (χ3v) is 3.23. The van der Waals surface area contributed by atoms with Crippen LogP contribution in [0, 0.1) is 22.9 Å². The van der Waals surface area contributed by atoms with Gasteiger partial charge in [-0.3, -0.25) is 10.1 Å². The van der Waals surface area contributed by atoms with E-state index in [0.717, 1.165) is 12.4 Å². The fraction of sp³-hybridized carbons (Fsp3) is 0.167. The molecule has 1 aromatic heterocycles. The lowest BCUT2D eigenvalue weighted by atomic mass is 10.2. The minimum atomic E-state index is -0.887. The molecule has 0 aliphatic heterocycles. The van der Waals surface area contributed by atoms with Crippen LogP contribution in [0.4, 0.5) is 10.1 Å². The first-order valence-corrected chi connectivity index (χ1v) is 6.53. The van der Waals surface area contributed by atoms with E-state index in [-0.39, 0.29) is 33.9 Å². The van der Waals surface area contributed by atoms with E-state index in [0.29, 0.717) is 5.56 Å². The first-order valence-electron chi connectivity index (χ1n) is 5.61. The zero-order valence-corrected chi connectivity index (χ0v) is 12.2. The van der Waals surface area contributed by atoms with E-state index in [1.807, 2.05) is 0 Å². The maximum absolute atomic E-state index is 13.9. The van der Waals surface area contributed by atoms with Gasteiger partial charge in [-0.25, -0.2) is 14.4 Å². The van der Waals surface area contributed by atoms with Crippen LogP contribution in [0.5, 0.6) is 11.6 Å². The van der Waals surface area contributed by atoms with Crippen LogP contribution >= 0.6 is 23.2 Å². The fourth-order valence-electron chi connectivity index (χ4n) is 1.60. The summed E-state index contributed by atoms with van der Waals surface area (Å²) < 4.78 is 19.2. The van der Waals surface area contributed by atoms with Gasteiger partial charge < -0.3 is 4.74 Å². The topological polar surface area (TPSA) is 78.2 Å². The van der Waals surface area contributed by atoms with E-state index < -0.39 is 10.7 Å². The van der Waals surface area contributed by atoms with Crippen LogP contribution in [-0.4, -0.2) is 14.9 Å². The van der Waals surface area contributed by atoms with E-state index in [9.17, 15) is 14.5 Å². The molecular weight excluding hydrogens is 324 g/mol. The van der Waals surface area contributed by atoms with Crippen molar-refractivity contribution in [2.24, 2.45) is 0 Å². The third kappa shape index (κ3) is 3.20. The molecule has 0 N–H and O–H groups in total. The Labute approximate surface area is 128 Å². The number of hydrogen-bond acceptors (Lipinski definition) is 5. The van der Waals surface area contributed by atoms with Crippen molar-refractivity contribution in [1.82, 2.24) is 9.97 Å². The average molecular weight is 332 g/mol. The quantitative estimate of drug-likeness (QED) is 0.366. The van der Waals surface area contributed by atoms with Gasteiger partial charge in [-0.05, 0) is 13.0 Å². The molecule has 1 aromatic carbocycles. The van der Waals surface area contributed by atoms with Gasteiger partial charge in [0, 0.05) is 5.56 Å². The zero-order chi connectivity index (χ0) is 15.6. The molecule has 2 aromatic rings. The van der Waals surface area contributed by atoms with Crippen LogP contribution in [0.2, 0.25) is 5.15 Å². The van der Waals surface area contributed by atoms with E-state index in [4.69, 9.17) is 27.9 Å². The number of hydrogen-bond donors (Lipinski definition) is 0. The summed E-state index contributed by atoms with van der Waals surface area (Å²) in [5.41, 5.74) is 0.221. The van der Waals surface area contributed by atoms with Gasteiger partial charge in [0.15, 0.2) is 11.6 Å². The number of aryl methyl sites for hydroxylation is 1. The maximum Gasteiger partial charge on any atom is 0.275 e. The SMILES string of the molecule is Cc1cc(Oc2ncnc(Cl)c2CCl)c(F)cc1[N+](=O)[O-]. The first-order chi connectivity index (χ1) is 9.93. The second kappa shape index (κ2) is 6.19. The van der Waals surface area contributed by atoms with Crippen molar-refractivity contribution in [1.29, 1.82) is 0 Å². The molecule has 0 saturated carbocycles. The van der Waals surface area contributed by atoms with Gasteiger partial charge >= 0.3 is 0 Å². The highest BCUT2D eigenvalue weighted by Crippen LogP contribution is 2.32. The van der Waals surface area contributed by atoms with Crippen molar-refractivity contribution in [2.45, 2.75) is 12.8 Å². The van der Waals surface area contributed by atoms with Gasteiger partial charge in [0.25, 0.3) is 5.69 Å². The normalized spacial score (nSPS) is 10.5. The molecule has 0 unspecified atom stereocenters. The molecule has 0 aliphatic rings.